The van der Waals surface area contributed by atoms with Crippen molar-refractivity contribution in [2.24, 2.45) is 0 Å². The smallest absolute Gasteiger partial charge is 0.266 e. The lowest BCUT2D eigenvalue weighted by Gasteiger charge is -2.26. The van der Waals surface area contributed by atoms with Gasteiger partial charge in [0, 0.05) is 19.3 Å². The number of para-hydroxylation sites is 1. The van der Waals surface area contributed by atoms with E-state index in [-0.39, 0.29) is 11.5 Å². The Balaban J connectivity index is 2.14. The van der Waals surface area contributed by atoms with Crippen LogP contribution >= 0.6 is 23.2 Å². The molecule has 1 fully saturated rings. The van der Waals surface area contributed by atoms with Gasteiger partial charge in [-0.15, -0.1) is 0 Å². The number of nitrogens with one attached hydrogen (secondary N) is 1. The summed E-state index contributed by atoms with van der Waals surface area (Å²) < 4.78 is 5.18. The Morgan fingerprint density at radius 1 is 1.33 bits per heavy atom. The van der Waals surface area contributed by atoms with Crippen LogP contribution < -0.4 is 5.32 Å². The van der Waals surface area contributed by atoms with Crippen LogP contribution in [0.1, 0.15) is 0 Å². The van der Waals surface area contributed by atoms with Gasteiger partial charge in [0.1, 0.15) is 11.6 Å². The van der Waals surface area contributed by atoms with Gasteiger partial charge in [0.25, 0.3) is 5.91 Å². The first-order valence-corrected chi connectivity index (χ1v) is 7.07. The molecule has 1 amide bonds. The van der Waals surface area contributed by atoms with Crippen molar-refractivity contribution in [2.75, 3.05) is 31.6 Å². The summed E-state index contributed by atoms with van der Waals surface area (Å²) in [7, 11) is 0. The number of carbonyl (C=O) groups excluding carboxylic acids is 1. The molecule has 5 nitrogen and oxygen atoms in total. The number of halogens is 2. The molecule has 7 heteroatoms. The number of carbonyl (C=O) groups is 1. The molecule has 1 aromatic rings. The van der Waals surface area contributed by atoms with E-state index in [1.54, 1.807) is 23.1 Å². The fraction of sp³-hybridized carbons (Fsp3) is 0.286. The number of morpholine rings is 1. The molecule has 0 aliphatic carbocycles. The van der Waals surface area contributed by atoms with Crippen LogP contribution in [0, 0.1) is 11.3 Å². The van der Waals surface area contributed by atoms with Crippen molar-refractivity contribution in [1.82, 2.24) is 4.90 Å². The van der Waals surface area contributed by atoms with Crippen LogP contribution in [0.2, 0.25) is 10.0 Å². The van der Waals surface area contributed by atoms with Gasteiger partial charge >= 0.3 is 0 Å². The summed E-state index contributed by atoms with van der Waals surface area (Å²) in [6.45, 7) is 1.91. The number of nitriles is 1. The molecule has 21 heavy (non-hydrogen) atoms. The predicted molar refractivity (Wildman–Crippen MR) is 81.2 cm³/mol. The first-order chi connectivity index (χ1) is 10.1. The van der Waals surface area contributed by atoms with Crippen molar-refractivity contribution in [1.29, 1.82) is 5.26 Å². The fourth-order valence-electron chi connectivity index (χ4n) is 1.86. The third-order valence-corrected chi connectivity index (χ3v) is 3.60. The van der Waals surface area contributed by atoms with Crippen LogP contribution in [0.25, 0.3) is 0 Å². The van der Waals surface area contributed by atoms with Crippen molar-refractivity contribution in [3.63, 3.8) is 0 Å². The number of ether oxygens (including phenoxy) is 1. The SMILES string of the molecule is N#C/C(=C/Nc1c(Cl)cccc1Cl)C(=O)N1CCOCC1. The molecular weight excluding hydrogens is 313 g/mol. The summed E-state index contributed by atoms with van der Waals surface area (Å²) in [5.74, 6) is -0.337. The molecule has 0 bridgehead atoms. The zero-order valence-corrected chi connectivity index (χ0v) is 12.6. The Hall–Kier alpha value is -1.74. The standard InChI is InChI=1S/C14H13Cl2N3O2/c15-11-2-1-3-12(16)13(11)18-9-10(8-17)14(20)19-4-6-21-7-5-19/h1-3,9,18H,4-7H2/b10-9-. The highest BCUT2D eigenvalue weighted by molar-refractivity contribution is 6.39. The molecule has 1 aliphatic heterocycles. The van der Waals surface area contributed by atoms with E-state index >= 15 is 0 Å². The summed E-state index contributed by atoms with van der Waals surface area (Å²) in [6, 6.07) is 6.93. The quantitative estimate of drug-likeness (QED) is 0.685. The molecule has 0 saturated carbocycles. The maximum absolute atomic E-state index is 12.2. The first-order valence-electron chi connectivity index (χ1n) is 6.31. The normalized spacial score (nSPS) is 15.5. The van der Waals surface area contributed by atoms with E-state index in [0.717, 1.165) is 0 Å². The lowest BCUT2D eigenvalue weighted by molar-refractivity contribution is -0.130. The van der Waals surface area contributed by atoms with Gasteiger partial charge < -0.3 is 15.0 Å². The van der Waals surface area contributed by atoms with Gasteiger partial charge in [-0.1, -0.05) is 29.3 Å². The number of nitrogens with zero attached hydrogens (tertiary/aromatic N) is 2. The summed E-state index contributed by atoms with van der Waals surface area (Å²) in [6.07, 6.45) is 1.32. The van der Waals surface area contributed by atoms with Gasteiger partial charge in [-0.25, -0.2) is 0 Å². The molecule has 1 saturated heterocycles. The van der Waals surface area contributed by atoms with E-state index in [1.165, 1.54) is 6.20 Å². The average molecular weight is 326 g/mol. The second kappa shape index (κ2) is 7.32. The maximum atomic E-state index is 12.2. The van der Waals surface area contributed by atoms with Gasteiger partial charge in [-0.05, 0) is 12.1 Å². The van der Waals surface area contributed by atoms with E-state index in [9.17, 15) is 4.79 Å². The second-order valence-electron chi connectivity index (χ2n) is 4.32. The monoisotopic (exact) mass is 325 g/mol. The Morgan fingerprint density at radius 2 is 1.95 bits per heavy atom. The number of anilines is 1. The molecule has 0 atom stereocenters. The average Bonchev–Trinajstić information content (AvgIpc) is 2.51. The van der Waals surface area contributed by atoms with Crippen LogP contribution in [0.5, 0.6) is 0 Å². The lowest BCUT2D eigenvalue weighted by atomic mass is 10.2. The van der Waals surface area contributed by atoms with Crippen LogP contribution in [0.3, 0.4) is 0 Å². The number of hydrogen-bond acceptors (Lipinski definition) is 4. The minimum absolute atomic E-state index is 0.00659. The number of amides is 1. The maximum Gasteiger partial charge on any atom is 0.266 e. The molecule has 1 aromatic carbocycles. The van der Waals surface area contributed by atoms with Gasteiger partial charge in [-0.3, -0.25) is 4.79 Å². The van der Waals surface area contributed by atoms with E-state index < -0.39 is 0 Å². The van der Waals surface area contributed by atoms with Gasteiger partial charge in [0.15, 0.2) is 0 Å². The summed E-state index contributed by atoms with van der Waals surface area (Å²) in [5.41, 5.74) is 0.455. The second-order valence-corrected chi connectivity index (χ2v) is 5.13. The van der Waals surface area contributed by atoms with Crippen molar-refractivity contribution in [3.8, 4) is 6.07 Å². The number of rotatable bonds is 3. The Kier molecular flexibility index (Phi) is 5.45. The minimum atomic E-state index is -0.337. The topological polar surface area (TPSA) is 65.4 Å². The van der Waals surface area contributed by atoms with E-state index in [2.05, 4.69) is 5.32 Å². The number of hydrogen-bond donors (Lipinski definition) is 1. The minimum Gasteiger partial charge on any atom is -0.378 e. The first kappa shape index (κ1) is 15.6. The van der Waals surface area contributed by atoms with Crippen molar-refractivity contribution in [3.05, 3.63) is 40.0 Å². The highest BCUT2D eigenvalue weighted by atomic mass is 35.5. The lowest BCUT2D eigenvalue weighted by Crippen LogP contribution is -2.41. The largest absolute Gasteiger partial charge is 0.378 e. The van der Waals surface area contributed by atoms with Crippen LogP contribution in [-0.4, -0.2) is 37.1 Å². The van der Waals surface area contributed by atoms with E-state index in [0.29, 0.717) is 42.0 Å². The molecule has 0 radical (unpaired) electrons. The van der Waals surface area contributed by atoms with Crippen molar-refractivity contribution >= 4 is 34.8 Å². The highest BCUT2D eigenvalue weighted by Crippen LogP contribution is 2.29. The molecule has 0 unspecified atom stereocenters. The molecule has 0 aromatic heterocycles. The van der Waals surface area contributed by atoms with E-state index in [1.807, 2.05) is 6.07 Å². The predicted octanol–water partition coefficient (Wildman–Crippen LogP) is 2.67. The summed E-state index contributed by atoms with van der Waals surface area (Å²) >= 11 is 12.0. The van der Waals surface area contributed by atoms with Crippen LogP contribution in [0.15, 0.2) is 30.0 Å². The Bertz CT molecular complexity index is 584. The third-order valence-electron chi connectivity index (χ3n) is 2.97. The number of benzene rings is 1. The Labute approximate surface area is 132 Å². The highest BCUT2D eigenvalue weighted by Gasteiger charge is 2.20. The van der Waals surface area contributed by atoms with Gasteiger partial charge in [-0.2, -0.15) is 5.26 Å². The molecule has 2 rings (SSSR count). The molecule has 110 valence electrons. The van der Waals surface area contributed by atoms with Gasteiger partial charge in [0.2, 0.25) is 0 Å². The van der Waals surface area contributed by atoms with Crippen LogP contribution in [0.4, 0.5) is 5.69 Å². The zero-order valence-electron chi connectivity index (χ0n) is 11.1. The molecule has 1 heterocycles. The van der Waals surface area contributed by atoms with Crippen LogP contribution in [-0.2, 0) is 9.53 Å². The Morgan fingerprint density at radius 3 is 2.52 bits per heavy atom. The fourth-order valence-corrected chi connectivity index (χ4v) is 2.37. The molecule has 1 aliphatic rings. The summed E-state index contributed by atoms with van der Waals surface area (Å²) in [4.78, 5) is 13.8. The molecule has 1 N–H and O–H groups in total. The van der Waals surface area contributed by atoms with Gasteiger partial charge in [0.05, 0.1) is 28.9 Å². The van der Waals surface area contributed by atoms with Crippen molar-refractivity contribution < 1.29 is 9.53 Å². The summed E-state index contributed by atoms with van der Waals surface area (Å²) in [5, 5.41) is 12.8. The van der Waals surface area contributed by atoms with Crippen molar-refractivity contribution in [2.45, 2.75) is 0 Å². The third kappa shape index (κ3) is 3.88. The van der Waals surface area contributed by atoms with E-state index in [4.69, 9.17) is 33.2 Å². The zero-order chi connectivity index (χ0) is 15.2. The molecule has 0 spiro atoms. The molecular formula is C14H13Cl2N3O2.